The lowest BCUT2D eigenvalue weighted by atomic mass is 10.1. The van der Waals surface area contributed by atoms with E-state index in [-0.39, 0.29) is 17.1 Å². The van der Waals surface area contributed by atoms with Gasteiger partial charge < -0.3 is 10.2 Å². The van der Waals surface area contributed by atoms with Gasteiger partial charge in [0.25, 0.3) is 5.91 Å². The van der Waals surface area contributed by atoms with Crippen LogP contribution in [-0.2, 0) is 4.79 Å². The number of hydrogen-bond donors (Lipinski definition) is 1. The zero-order chi connectivity index (χ0) is 14.6. The summed E-state index contributed by atoms with van der Waals surface area (Å²) in [7, 11) is 3.30. The molecule has 1 N–H and O–H groups in total. The largest absolute Gasteiger partial charge is 0.345 e. The molecule has 0 saturated heterocycles. The van der Waals surface area contributed by atoms with Crippen LogP contribution in [0.2, 0.25) is 5.02 Å². The first-order valence-corrected chi connectivity index (χ1v) is 7.38. The monoisotopic (exact) mass is 300 g/mol. The lowest BCUT2D eigenvalue weighted by molar-refractivity contribution is -0.115. The fourth-order valence-corrected chi connectivity index (χ4v) is 1.83. The first-order valence-electron chi connectivity index (χ1n) is 5.71. The SMILES string of the molecule is CS[C@H](C)C(=O)Nc1ccc(Cl)c(C(=O)N(C)C)c1. The Labute approximate surface area is 122 Å². The Bertz CT molecular complexity index is 492. The van der Waals surface area contributed by atoms with Gasteiger partial charge in [0.1, 0.15) is 0 Å². The molecule has 4 nitrogen and oxygen atoms in total. The van der Waals surface area contributed by atoms with Crippen LogP contribution in [0.25, 0.3) is 0 Å². The fraction of sp³-hybridized carbons (Fsp3) is 0.385. The number of benzene rings is 1. The molecule has 1 rings (SSSR count). The molecule has 104 valence electrons. The molecule has 0 bridgehead atoms. The van der Waals surface area contributed by atoms with Gasteiger partial charge in [-0.25, -0.2) is 0 Å². The van der Waals surface area contributed by atoms with Crippen LogP contribution in [0.3, 0.4) is 0 Å². The van der Waals surface area contributed by atoms with Gasteiger partial charge in [-0.3, -0.25) is 9.59 Å². The molecule has 0 aliphatic rings. The van der Waals surface area contributed by atoms with Gasteiger partial charge in [0.15, 0.2) is 0 Å². The van der Waals surface area contributed by atoms with E-state index in [2.05, 4.69) is 5.32 Å². The molecule has 1 atom stereocenters. The van der Waals surface area contributed by atoms with Crippen molar-refractivity contribution in [1.82, 2.24) is 4.90 Å². The molecule has 0 aliphatic carbocycles. The van der Waals surface area contributed by atoms with E-state index in [4.69, 9.17) is 11.6 Å². The lowest BCUT2D eigenvalue weighted by Crippen LogP contribution is -2.24. The number of nitrogens with one attached hydrogen (secondary N) is 1. The van der Waals surface area contributed by atoms with Gasteiger partial charge in [0, 0.05) is 19.8 Å². The molecular formula is C13H17ClN2O2S. The highest BCUT2D eigenvalue weighted by Crippen LogP contribution is 2.22. The zero-order valence-corrected chi connectivity index (χ0v) is 12.9. The maximum atomic E-state index is 11.9. The van der Waals surface area contributed by atoms with Crippen molar-refractivity contribution in [3.63, 3.8) is 0 Å². The Morgan fingerprint density at radius 3 is 2.53 bits per heavy atom. The lowest BCUT2D eigenvalue weighted by Gasteiger charge is -2.14. The van der Waals surface area contributed by atoms with Crippen molar-refractivity contribution in [2.24, 2.45) is 0 Å². The molecule has 0 saturated carbocycles. The third-order valence-corrected chi connectivity index (χ3v) is 3.84. The number of rotatable bonds is 4. The molecule has 1 aromatic carbocycles. The van der Waals surface area contributed by atoms with Crippen LogP contribution in [0.4, 0.5) is 5.69 Å². The maximum absolute atomic E-state index is 11.9. The molecule has 1 aromatic rings. The van der Waals surface area contributed by atoms with Crippen LogP contribution in [0, 0.1) is 0 Å². The van der Waals surface area contributed by atoms with Gasteiger partial charge in [-0.05, 0) is 31.4 Å². The highest BCUT2D eigenvalue weighted by atomic mass is 35.5. The van der Waals surface area contributed by atoms with E-state index in [9.17, 15) is 9.59 Å². The van der Waals surface area contributed by atoms with Crippen molar-refractivity contribution < 1.29 is 9.59 Å². The van der Waals surface area contributed by atoms with Crippen LogP contribution in [0.1, 0.15) is 17.3 Å². The van der Waals surface area contributed by atoms with Gasteiger partial charge in [-0.1, -0.05) is 11.6 Å². The van der Waals surface area contributed by atoms with Crippen molar-refractivity contribution >= 4 is 40.9 Å². The van der Waals surface area contributed by atoms with E-state index in [1.807, 2.05) is 13.2 Å². The summed E-state index contributed by atoms with van der Waals surface area (Å²) in [5, 5.41) is 2.99. The second-order valence-electron chi connectivity index (χ2n) is 4.26. The Kier molecular flexibility index (Phi) is 5.69. The Hall–Kier alpha value is -1.20. The second-order valence-corrected chi connectivity index (χ2v) is 5.85. The molecule has 6 heteroatoms. The molecule has 19 heavy (non-hydrogen) atoms. The number of halogens is 1. The van der Waals surface area contributed by atoms with E-state index < -0.39 is 0 Å². The summed E-state index contributed by atoms with van der Waals surface area (Å²) < 4.78 is 0. The standard InChI is InChI=1S/C13H17ClN2O2S/c1-8(19-4)12(17)15-9-5-6-11(14)10(7-9)13(18)16(2)3/h5-8H,1-4H3,(H,15,17)/t8-/m1/s1. The second kappa shape index (κ2) is 6.82. The van der Waals surface area contributed by atoms with E-state index >= 15 is 0 Å². The summed E-state index contributed by atoms with van der Waals surface area (Å²) in [4.78, 5) is 25.1. The predicted molar refractivity (Wildman–Crippen MR) is 81.1 cm³/mol. The number of amides is 2. The molecule has 0 fully saturated rings. The van der Waals surface area contributed by atoms with Crippen LogP contribution < -0.4 is 5.32 Å². The minimum atomic E-state index is -0.195. The van der Waals surface area contributed by atoms with E-state index in [0.717, 1.165) is 0 Å². The van der Waals surface area contributed by atoms with Crippen LogP contribution >= 0.6 is 23.4 Å². The normalized spacial score (nSPS) is 11.8. The van der Waals surface area contributed by atoms with Gasteiger partial charge in [-0.15, -0.1) is 0 Å². The number of hydrogen-bond acceptors (Lipinski definition) is 3. The molecule has 0 aromatic heterocycles. The van der Waals surface area contributed by atoms with Gasteiger partial charge in [0.05, 0.1) is 15.8 Å². The minimum Gasteiger partial charge on any atom is -0.345 e. The summed E-state index contributed by atoms with van der Waals surface area (Å²) in [5.74, 6) is -0.294. The van der Waals surface area contributed by atoms with Gasteiger partial charge >= 0.3 is 0 Å². The average molecular weight is 301 g/mol. The third-order valence-electron chi connectivity index (χ3n) is 2.59. The van der Waals surface area contributed by atoms with Gasteiger partial charge in [0.2, 0.25) is 5.91 Å². The summed E-state index contributed by atoms with van der Waals surface area (Å²) in [5.41, 5.74) is 0.946. The summed E-state index contributed by atoms with van der Waals surface area (Å²) >= 11 is 7.45. The quantitative estimate of drug-likeness (QED) is 0.930. The van der Waals surface area contributed by atoms with Crippen molar-refractivity contribution in [2.45, 2.75) is 12.2 Å². The summed E-state index contributed by atoms with van der Waals surface area (Å²) in [6, 6.07) is 4.88. The topological polar surface area (TPSA) is 49.4 Å². The first kappa shape index (κ1) is 15.9. The molecule has 2 amide bonds. The molecule has 0 spiro atoms. The summed E-state index contributed by atoms with van der Waals surface area (Å²) in [6.45, 7) is 1.82. The van der Waals surface area contributed by atoms with E-state index in [1.54, 1.807) is 32.3 Å². The number of nitrogens with zero attached hydrogens (tertiary/aromatic N) is 1. The smallest absolute Gasteiger partial charge is 0.254 e. The maximum Gasteiger partial charge on any atom is 0.254 e. The fourth-order valence-electron chi connectivity index (χ4n) is 1.36. The molecule has 0 heterocycles. The number of carbonyl (C=O) groups is 2. The van der Waals surface area contributed by atoms with Crippen LogP contribution in [0.5, 0.6) is 0 Å². The van der Waals surface area contributed by atoms with E-state index in [0.29, 0.717) is 16.3 Å². The third kappa shape index (κ3) is 4.14. The van der Waals surface area contributed by atoms with E-state index in [1.165, 1.54) is 16.7 Å². The molecule has 0 aliphatic heterocycles. The molecular weight excluding hydrogens is 284 g/mol. The Morgan fingerprint density at radius 1 is 1.37 bits per heavy atom. The Balaban J connectivity index is 2.97. The molecule has 0 unspecified atom stereocenters. The molecule has 0 radical (unpaired) electrons. The summed E-state index contributed by atoms with van der Waals surface area (Å²) in [6.07, 6.45) is 1.87. The number of anilines is 1. The van der Waals surface area contributed by atoms with Crippen LogP contribution in [0.15, 0.2) is 18.2 Å². The number of carbonyl (C=O) groups excluding carboxylic acids is 2. The van der Waals surface area contributed by atoms with Crippen molar-refractivity contribution in [1.29, 1.82) is 0 Å². The van der Waals surface area contributed by atoms with Gasteiger partial charge in [-0.2, -0.15) is 11.8 Å². The van der Waals surface area contributed by atoms with Crippen LogP contribution in [-0.4, -0.2) is 42.3 Å². The zero-order valence-electron chi connectivity index (χ0n) is 11.4. The van der Waals surface area contributed by atoms with Crippen molar-refractivity contribution in [2.75, 3.05) is 25.7 Å². The highest BCUT2D eigenvalue weighted by Gasteiger charge is 2.15. The Morgan fingerprint density at radius 2 is 2.00 bits per heavy atom. The minimum absolute atomic E-state index is 0.0990. The van der Waals surface area contributed by atoms with Crippen molar-refractivity contribution in [3.05, 3.63) is 28.8 Å². The first-order chi connectivity index (χ1) is 8.86. The number of thioether (sulfide) groups is 1. The van der Waals surface area contributed by atoms with Crippen molar-refractivity contribution in [3.8, 4) is 0 Å². The predicted octanol–water partition coefficient (Wildman–Crippen LogP) is 2.73. The highest BCUT2D eigenvalue weighted by molar-refractivity contribution is 7.99. The average Bonchev–Trinajstić information content (AvgIpc) is 2.38.